The molecule has 19 heavy (non-hydrogen) atoms. The number of benzene rings is 1. The van der Waals surface area contributed by atoms with Gasteiger partial charge in [-0.25, -0.2) is 0 Å². The third-order valence-corrected chi connectivity index (χ3v) is 2.90. The Morgan fingerprint density at radius 3 is 2.74 bits per heavy atom. The predicted molar refractivity (Wildman–Crippen MR) is 73.9 cm³/mol. The van der Waals surface area contributed by atoms with Crippen LogP contribution < -0.4 is 5.32 Å². The molecule has 0 aliphatic rings. The number of hydrogen-bond donors (Lipinski definition) is 2. The molecule has 0 bridgehead atoms. The van der Waals surface area contributed by atoms with Crippen molar-refractivity contribution in [1.29, 1.82) is 5.26 Å². The van der Waals surface area contributed by atoms with Crippen molar-refractivity contribution in [2.45, 2.75) is 20.4 Å². The average molecular weight is 253 g/mol. The lowest BCUT2D eigenvalue weighted by Crippen LogP contribution is -2.04. The number of para-hydroxylation sites is 1. The molecule has 2 rings (SSSR count). The van der Waals surface area contributed by atoms with Gasteiger partial charge in [0.25, 0.3) is 0 Å². The average Bonchev–Trinajstić information content (AvgIpc) is 2.37. The van der Waals surface area contributed by atoms with Gasteiger partial charge in [0.05, 0.1) is 16.9 Å². The van der Waals surface area contributed by atoms with Crippen LogP contribution in [-0.4, -0.2) is 10.1 Å². The Hall–Kier alpha value is -2.54. The number of anilines is 1. The minimum atomic E-state index is 0.246. The highest BCUT2D eigenvalue weighted by molar-refractivity contribution is 5.60. The molecule has 0 spiro atoms. The summed E-state index contributed by atoms with van der Waals surface area (Å²) in [5.74, 6) is 0.246. The maximum Gasteiger partial charge on any atom is 0.120 e. The smallest absolute Gasteiger partial charge is 0.120 e. The first-order valence-electron chi connectivity index (χ1n) is 6.01. The number of aromatic hydroxyl groups is 1. The standard InChI is InChI=1S/C15H15N3O/c1-10-7-14(13(8-16)11(2)18-10)17-9-12-5-3-4-6-15(12)19/h3-7,19H,9H2,1-2H3,(H,17,18). The number of phenolic OH excluding ortho intramolecular Hbond substituents is 1. The fraction of sp³-hybridized carbons (Fsp3) is 0.200. The summed E-state index contributed by atoms with van der Waals surface area (Å²) in [6.07, 6.45) is 0. The van der Waals surface area contributed by atoms with Gasteiger partial charge < -0.3 is 10.4 Å². The number of phenols is 1. The van der Waals surface area contributed by atoms with Gasteiger partial charge in [0.15, 0.2) is 0 Å². The molecule has 1 heterocycles. The number of aryl methyl sites for hydroxylation is 2. The summed E-state index contributed by atoms with van der Waals surface area (Å²) >= 11 is 0. The quantitative estimate of drug-likeness (QED) is 0.882. The fourth-order valence-corrected chi connectivity index (χ4v) is 1.96. The molecular formula is C15H15N3O. The SMILES string of the molecule is Cc1cc(NCc2ccccc2O)c(C#N)c(C)n1. The second-order valence-electron chi connectivity index (χ2n) is 4.37. The van der Waals surface area contributed by atoms with Crippen molar-refractivity contribution in [2.75, 3.05) is 5.32 Å². The second-order valence-corrected chi connectivity index (χ2v) is 4.37. The third-order valence-electron chi connectivity index (χ3n) is 2.90. The van der Waals surface area contributed by atoms with Crippen LogP contribution >= 0.6 is 0 Å². The Morgan fingerprint density at radius 1 is 1.32 bits per heavy atom. The molecule has 96 valence electrons. The zero-order valence-corrected chi connectivity index (χ0v) is 10.9. The van der Waals surface area contributed by atoms with Crippen molar-refractivity contribution >= 4 is 5.69 Å². The summed E-state index contributed by atoms with van der Waals surface area (Å²) in [5, 5.41) is 22.0. The van der Waals surface area contributed by atoms with Gasteiger partial charge in [-0.2, -0.15) is 5.26 Å². The molecule has 0 aliphatic heterocycles. The molecule has 0 fully saturated rings. The monoisotopic (exact) mass is 253 g/mol. The fourth-order valence-electron chi connectivity index (χ4n) is 1.96. The highest BCUT2D eigenvalue weighted by Crippen LogP contribution is 2.21. The molecule has 1 aromatic heterocycles. The molecule has 0 radical (unpaired) electrons. The minimum absolute atomic E-state index is 0.246. The van der Waals surface area contributed by atoms with E-state index in [0.717, 1.165) is 16.9 Å². The number of nitrogens with one attached hydrogen (secondary N) is 1. The molecular weight excluding hydrogens is 238 g/mol. The maximum absolute atomic E-state index is 9.71. The van der Waals surface area contributed by atoms with Gasteiger partial charge in [-0.3, -0.25) is 4.98 Å². The molecule has 0 atom stereocenters. The molecule has 2 N–H and O–H groups in total. The van der Waals surface area contributed by atoms with E-state index in [-0.39, 0.29) is 5.75 Å². The largest absolute Gasteiger partial charge is 0.508 e. The first-order valence-corrected chi connectivity index (χ1v) is 6.01. The van der Waals surface area contributed by atoms with Crippen molar-refractivity contribution in [3.63, 3.8) is 0 Å². The maximum atomic E-state index is 9.71. The summed E-state index contributed by atoms with van der Waals surface area (Å²) in [7, 11) is 0. The Kier molecular flexibility index (Phi) is 3.67. The summed E-state index contributed by atoms with van der Waals surface area (Å²) in [6.45, 7) is 4.17. The van der Waals surface area contributed by atoms with Crippen molar-refractivity contribution in [1.82, 2.24) is 4.98 Å². The number of nitriles is 1. The van der Waals surface area contributed by atoms with E-state index in [1.807, 2.05) is 32.0 Å². The Bertz CT molecular complexity index is 644. The molecule has 0 unspecified atom stereocenters. The molecule has 2 aromatic rings. The van der Waals surface area contributed by atoms with Crippen LogP contribution in [0.3, 0.4) is 0 Å². The van der Waals surface area contributed by atoms with Crippen LogP contribution in [0.15, 0.2) is 30.3 Å². The summed E-state index contributed by atoms with van der Waals surface area (Å²) in [5.41, 5.74) is 3.65. The van der Waals surface area contributed by atoms with Crippen LogP contribution in [0.1, 0.15) is 22.5 Å². The van der Waals surface area contributed by atoms with E-state index in [9.17, 15) is 5.11 Å². The van der Waals surface area contributed by atoms with Crippen LogP contribution in [-0.2, 0) is 6.54 Å². The Balaban J connectivity index is 2.25. The van der Waals surface area contributed by atoms with E-state index < -0.39 is 0 Å². The summed E-state index contributed by atoms with van der Waals surface area (Å²) < 4.78 is 0. The molecule has 0 aliphatic carbocycles. The van der Waals surface area contributed by atoms with E-state index in [0.29, 0.717) is 17.8 Å². The van der Waals surface area contributed by atoms with Crippen molar-refractivity contribution in [3.05, 3.63) is 52.8 Å². The first-order chi connectivity index (χ1) is 9.11. The van der Waals surface area contributed by atoms with Crippen molar-refractivity contribution < 1.29 is 5.11 Å². The van der Waals surface area contributed by atoms with Gasteiger partial charge in [0, 0.05) is 17.8 Å². The predicted octanol–water partition coefficient (Wildman–Crippen LogP) is 2.89. The third kappa shape index (κ3) is 2.83. The molecule has 0 saturated heterocycles. The van der Waals surface area contributed by atoms with E-state index in [4.69, 9.17) is 5.26 Å². The normalized spacial score (nSPS) is 9.95. The van der Waals surface area contributed by atoms with Crippen molar-refractivity contribution in [2.24, 2.45) is 0 Å². The number of pyridine rings is 1. The van der Waals surface area contributed by atoms with Gasteiger partial charge in [0.2, 0.25) is 0 Å². The van der Waals surface area contributed by atoms with E-state index >= 15 is 0 Å². The van der Waals surface area contributed by atoms with Crippen LogP contribution in [0.4, 0.5) is 5.69 Å². The minimum Gasteiger partial charge on any atom is -0.508 e. The van der Waals surface area contributed by atoms with Gasteiger partial charge in [-0.05, 0) is 26.0 Å². The van der Waals surface area contributed by atoms with Gasteiger partial charge in [-0.15, -0.1) is 0 Å². The zero-order valence-electron chi connectivity index (χ0n) is 10.9. The summed E-state index contributed by atoms with van der Waals surface area (Å²) in [6, 6.07) is 11.1. The van der Waals surface area contributed by atoms with E-state index in [1.165, 1.54) is 0 Å². The number of rotatable bonds is 3. The number of aromatic nitrogens is 1. The Labute approximate surface area is 112 Å². The second kappa shape index (κ2) is 5.40. The lowest BCUT2D eigenvalue weighted by Gasteiger charge is -2.11. The lowest BCUT2D eigenvalue weighted by molar-refractivity contribution is 0.469. The number of hydrogen-bond acceptors (Lipinski definition) is 4. The number of nitrogens with zero attached hydrogens (tertiary/aromatic N) is 2. The van der Waals surface area contributed by atoms with Crippen LogP contribution in [0, 0.1) is 25.2 Å². The summed E-state index contributed by atoms with van der Waals surface area (Å²) in [4.78, 5) is 4.27. The van der Waals surface area contributed by atoms with Crippen LogP contribution in [0.2, 0.25) is 0 Å². The first kappa shape index (κ1) is 12.9. The lowest BCUT2D eigenvalue weighted by atomic mass is 10.1. The van der Waals surface area contributed by atoms with E-state index in [2.05, 4.69) is 16.4 Å². The van der Waals surface area contributed by atoms with Gasteiger partial charge in [0.1, 0.15) is 11.8 Å². The Morgan fingerprint density at radius 2 is 2.05 bits per heavy atom. The van der Waals surface area contributed by atoms with Crippen LogP contribution in [0.25, 0.3) is 0 Å². The molecule has 1 aromatic carbocycles. The van der Waals surface area contributed by atoms with Crippen LogP contribution in [0.5, 0.6) is 5.75 Å². The molecule has 4 nitrogen and oxygen atoms in total. The van der Waals surface area contributed by atoms with Gasteiger partial charge >= 0.3 is 0 Å². The topological polar surface area (TPSA) is 68.9 Å². The molecule has 4 heteroatoms. The van der Waals surface area contributed by atoms with Gasteiger partial charge in [-0.1, -0.05) is 18.2 Å². The van der Waals surface area contributed by atoms with E-state index in [1.54, 1.807) is 12.1 Å². The molecule has 0 saturated carbocycles. The highest BCUT2D eigenvalue weighted by Gasteiger charge is 2.08. The molecule has 0 amide bonds. The van der Waals surface area contributed by atoms with Crippen molar-refractivity contribution in [3.8, 4) is 11.8 Å². The highest BCUT2D eigenvalue weighted by atomic mass is 16.3. The zero-order chi connectivity index (χ0) is 13.8.